The fourth-order valence-corrected chi connectivity index (χ4v) is 2.56. The van der Waals surface area contributed by atoms with Gasteiger partial charge in [-0.15, -0.1) is 0 Å². The lowest BCUT2D eigenvalue weighted by molar-refractivity contribution is 0.669. The van der Waals surface area contributed by atoms with Gasteiger partial charge in [0, 0.05) is 12.2 Å². The lowest BCUT2D eigenvalue weighted by Crippen LogP contribution is -2.29. The topological polar surface area (TPSA) is 24.1 Å². The highest BCUT2D eigenvalue weighted by atomic mass is 32.1. The molecule has 0 fully saturated rings. The van der Waals surface area contributed by atoms with E-state index < -0.39 is 0 Å². The summed E-state index contributed by atoms with van der Waals surface area (Å²) in [5, 5.41) is 7.25. The SMILES string of the molecule is Cc1ccccc1NC(=S)NCCC1=CCCCC1. The van der Waals surface area contributed by atoms with E-state index in [-0.39, 0.29) is 0 Å². The van der Waals surface area contributed by atoms with Crippen LogP contribution in [0.15, 0.2) is 35.9 Å². The molecule has 0 bridgehead atoms. The number of hydrogen-bond donors (Lipinski definition) is 2. The summed E-state index contributed by atoms with van der Waals surface area (Å²) in [5.74, 6) is 0. The molecule has 0 saturated carbocycles. The molecule has 3 heteroatoms. The van der Waals surface area contributed by atoms with Crippen LogP contribution >= 0.6 is 12.2 Å². The van der Waals surface area contributed by atoms with Gasteiger partial charge in [0.25, 0.3) is 0 Å². The summed E-state index contributed by atoms with van der Waals surface area (Å²) in [6, 6.07) is 8.18. The van der Waals surface area contributed by atoms with Crippen LogP contribution in [0.1, 0.15) is 37.7 Å². The van der Waals surface area contributed by atoms with E-state index in [9.17, 15) is 0 Å². The number of hydrogen-bond acceptors (Lipinski definition) is 1. The van der Waals surface area contributed by atoms with Crippen molar-refractivity contribution in [3.05, 3.63) is 41.5 Å². The number of anilines is 1. The first-order valence-electron chi connectivity index (χ1n) is 7.04. The molecule has 2 N–H and O–H groups in total. The summed E-state index contributed by atoms with van der Waals surface area (Å²) in [6.45, 7) is 3.00. The van der Waals surface area contributed by atoms with Crippen LogP contribution in [-0.2, 0) is 0 Å². The van der Waals surface area contributed by atoms with E-state index in [4.69, 9.17) is 12.2 Å². The van der Waals surface area contributed by atoms with E-state index in [0.717, 1.165) is 18.7 Å². The highest BCUT2D eigenvalue weighted by Crippen LogP contribution is 2.19. The van der Waals surface area contributed by atoms with Crippen LogP contribution < -0.4 is 10.6 Å². The quantitative estimate of drug-likeness (QED) is 0.636. The van der Waals surface area contributed by atoms with E-state index in [1.165, 1.54) is 31.2 Å². The van der Waals surface area contributed by atoms with Gasteiger partial charge in [0.05, 0.1) is 0 Å². The number of aryl methyl sites for hydroxylation is 1. The van der Waals surface area contributed by atoms with Gasteiger partial charge in [-0.3, -0.25) is 0 Å². The Morgan fingerprint density at radius 3 is 2.84 bits per heavy atom. The minimum atomic E-state index is 0.714. The third kappa shape index (κ3) is 4.67. The van der Waals surface area contributed by atoms with Crippen molar-refractivity contribution in [1.29, 1.82) is 0 Å². The number of allylic oxidation sites excluding steroid dienone is 1. The van der Waals surface area contributed by atoms with Gasteiger partial charge in [-0.1, -0.05) is 29.8 Å². The van der Waals surface area contributed by atoms with E-state index in [0.29, 0.717) is 5.11 Å². The molecule has 0 heterocycles. The molecule has 102 valence electrons. The maximum absolute atomic E-state index is 5.32. The number of benzene rings is 1. The van der Waals surface area contributed by atoms with E-state index in [1.807, 2.05) is 18.2 Å². The Kier molecular flexibility index (Phi) is 5.40. The Morgan fingerprint density at radius 1 is 1.26 bits per heavy atom. The third-order valence-electron chi connectivity index (χ3n) is 3.51. The molecular formula is C16H22N2S. The number of para-hydroxylation sites is 1. The molecule has 2 nitrogen and oxygen atoms in total. The first kappa shape index (κ1) is 14.1. The van der Waals surface area contributed by atoms with E-state index >= 15 is 0 Å². The Morgan fingerprint density at radius 2 is 2.11 bits per heavy atom. The van der Waals surface area contributed by atoms with Gasteiger partial charge in [-0.05, 0) is 62.9 Å². The molecule has 0 aliphatic heterocycles. The number of thiocarbonyl (C=S) groups is 1. The summed E-state index contributed by atoms with van der Waals surface area (Å²) in [5.41, 5.74) is 3.87. The Labute approximate surface area is 121 Å². The van der Waals surface area contributed by atoms with Crippen LogP contribution in [0.2, 0.25) is 0 Å². The zero-order valence-electron chi connectivity index (χ0n) is 11.5. The average molecular weight is 274 g/mol. The van der Waals surface area contributed by atoms with Crippen molar-refractivity contribution in [1.82, 2.24) is 5.32 Å². The second kappa shape index (κ2) is 7.29. The zero-order chi connectivity index (χ0) is 13.5. The van der Waals surface area contributed by atoms with Crippen LogP contribution in [0.25, 0.3) is 0 Å². The Balaban J connectivity index is 1.73. The van der Waals surface area contributed by atoms with Gasteiger partial charge in [-0.2, -0.15) is 0 Å². The smallest absolute Gasteiger partial charge is 0.170 e. The summed E-state index contributed by atoms with van der Waals surface area (Å²) >= 11 is 5.32. The molecule has 2 rings (SSSR count). The summed E-state index contributed by atoms with van der Waals surface area (Å²) in [7, 11) is 0. The molecule has 0 spiro atoms. The summed E-state index contributed by atoms with van der Waals surface area (Å²) in [6.07, 6.45) is 8.71. The lowest BCUT2D eigenvalue weighted by Gasteiger charge is -2.15. The molecule has 0 aromatic heterocycles. The maximum atomic E-state index is 5.32. The Bertz CT molecular complexity index is 466. The molecule has 0 amide bonds. The molecule has 1 aliphatic rings. The number of nitrogens with one attached hydrogen (secondary N) is 2. The predicted octanol–water partition coefficient (Wildman–Crippen LogP) is 4.17. The van der Waals surface area contributed by atoms with E-state index in [1.54, 1.807) is 5.57 Å². The highest BCUT2D eigenvalue weighted by molar-refractivity contribution is 7.80. The van der Waals surface area contributed by atoms with Crippen molar-refractivity contribution in [3.63, 3.8) is 0 Å². The van der Waals surface area contributed by atoms with Crippen molar-refractivity contribution in [2.45, 2.75) is 39.0 Å². The van der Waals surface area contributed by atoms with E-state index in [2.05, 4.69) is 29.7 Å². The van der Waals surface area contributed by atoms with Gasteiger partial charge in [0.15, 0.2) is 5.11 Å². The van der Waals surface area contributed by atoms with Gasteiger partial charge in [0.1, 0.15) is 0 Å². The fourth-order valence-electron chi connectivity index (χ4n) is 2.35. The summed E-state index contributed by atoms with van der Waals surface area (Å²) < 4.78 is 0. The normalized spacial score (nSPS) is 14.7. The molecule has 19 heavy (non-hydrogen) atoms. The van der Waals surface area contributed by atoms with Gasteiger partial charge in [-0.25, -0.2) is 0 Å². The standard InChI is InChI=1S/C16H22N2S/c1-13-7-5-6-10-15(13)18-16(19)17-12-11-14-8-3-2-4-9-14/h5-8,10H,2-4,9,11-12H2,1H3,(H2,17,18,19). The fraction of sp³-hybridized carbons (Fsp3) is 0.438. The van der Waals surface area contributed by atoms with Gasteiger partial charge >= 0.3 is 0 Å². The molecule has 1 aliphatic carbocycles. The second-order valence-corrected chi connectivity index (χ2v) is 5.46. The molecule has 0 saturated heterocycles. The lowest BCUT2D eigenvalue weighted by atomic mass is 9.97. The zero-order valence-corrected chi connectivity index (χ0v) is 12.4. The summed E-state index contributed by atoms with van der Waals surface area (Å²) in [4.78, 5) is 0. The largest absolute Gasteiger partial charge is 0.362 e. The first-order valence-corrected chi connectivity index (χ1v) is 7.45. The van der Waals surface area contributed by atoms with Crippen molar-refractivity contribution in [2.75, 3.05) is 11.9 Å². The first-order chi connectivity index (χ1) is 9.25. The average Bonchev–Trinajstić information content (AvgIpc) is 2.43. The molecule has 1 aromatic carbocycles. The molecule has 1 aromatic rings. The van der Waals surface area contributed by atoms with Crippen LogP contribution in [0.4, 0.5) is 5.69 Å². The minimum absolute atomic E-state index is 0.714. The Hall–Kier alpha value is -1.35. The van der Waals surface area contributed by atoms with Gasteiger partial charge < -0.3 is 10.6 Å². The van der Waals surface area contributed by atoms with Gasteiger partial charge in [0.2, 0.25) is 0 Å². The monoisotopic (exact) mass is 274 g/mol. The van der Waals surface area contributed by atoms with Crippen molar-refractivity contribution < 1.29 is 0 Å². The minimum Gasteiger partial charge on any atom is -0.362 e. The highest BCUT2D eigenvalue weighted by Gasteiger charge is 2.04. The van der Waals surface area contributed by atoms with Crippen LogP contribution in [0.3, 0.4) is 0 Å². The molecule has 0 radical (unpaired) electrons. The second-order valence-electron chi connectivity index (χ2n) is 5.05. The number of rotatable bonds is 4. The van der Waals surface area contributed by atoms with Crippen molar-refractivity contribution in [2.24, 2.45) is 0 Å². The van der Waals surface area contributed by atoms with Crippen LogP contribution in [0, 0.1) is 6.92 Å². The van der Waals surface area contributed by atoms with Crippen LogP contribution in [-0.4, -0.2) is 11.7 Å². The predicted molar refractivity (Wildman–Crippen MR) is 86.6 cm³/mol. The molecular weight excluding hydrogens is 252 g/mol. The molecule has 0 atom stereocenters. The van der Waals surface area contributed by atoms with Crippen molar-refractivity contribution >= 4 is 23.0 Å². The van der Waals surface area contributed by atoms with Crippen molar-refractivity contribution in [3.8, 4) is 0 Å². The third-order valence-corrected chi connectivity index (χ3v) is 3.76. The maximum Gasteiger partial charge on any atom is 0.170 e. The molecule has 0 unspecified atom stereocenters. The van der Waals surface area contributed by atoms with Crippen LogP contribution in [0.5, 0.6) is 0 Å².